The number of nitrogens with one attached hydrogen (secondary N) is 1. The van der Waals surface area contributed by atoms with Crippen LogP contribution >= 0.6 is 11.3 Å². The SMILES string of the molecule is Cc1ccc(N2CCN(c3nc(NCCc4cccs4)c4ccccc4n3)CC2)cc1. The van der Waals surface area contributed by atoms with E-state index in [4.69, 9.17) is 9.97 Å². The van der Waals surface area contributed by atoms with E-state index in [0.717, 1.165) is 61.8 Å². The maximum absolute atomic E-state index is 4.94. The van der Waals surface area contributed by atoms with Gasteiger partial charge in [0.2, 0.25) is 5.95 Å². The van der Waals surface area contributed by atoms with Crippen molar-refractivity contribution in [1.29, 1.82) is 0 Å². The molecule has 6 heteroatoms. The summed E-state index contributed by atoms with van der Waals surface area (Å²) in [7, 11) is 0. The van der Waals surface area contributed by atoms with Gasteiger partial charge in [0.25, 0.3) is 0 Å². The van der Waals surface area contributed by atoms with Crippen molar-refractivity contribution in [2.24, 2.45) is 0 Å². The van der Waals surface area contributed by atoms with E-state index in [1.54, 1.807) is 11.3 Å². The number of nitrogens with zero attached hydrogens (tertiary/aromatic N) is 4. The molecule has 0 spiro atoms. The number of aromatic nitrogens is 2. The van der Waals surface area contributed by atoms with Gasteiger partial charge < -0.3 is 15.1 Å². The first-order chi connectivity index (χ1) is 15.3. The Morgan fingerprint density at radius 1 is 0.871 bits per heavy atom. The van der Waals surface area contributed by atoms with Crippen LogP contribution in [0.25, 0.3) is 10.9 Å². The number of thiophene rings is 1. The lowest BCUT2D eigenvalue weighted by atomic mass is 10.2. The largest absolute Gasteiger partial charge is 0.369 e. The van der Waals surface area contributed by atoms with Crippen LogP contribution in [0.1, 0.15) is 10.4 Å². The Hall–Kier alpha value is -3.12. The Balaban J connectivity index is 1.32. The van der Waals surface area contributed by atoms with Gasteiger partial charge in [0.1, 0.15) is 5.82 Å². The molecule has 5 nitrogen and oxygen atoms in total. The maximum Gasteiger partial charge on any atom is 0.228 e. The Labute approximate surface area is 187 Å². The van der Waals surface area contributed by atoms with E-state index in [1.807, 2.05) is 6.07 Å². The molecule has 0 aliphatic carbocycles. The Morgan fingerprint density at radius 2 is 1.65 bits per heavy atom. The molecule has 1 aliphatic heterocycles. The fourth-order valence-corrected chi connectivity index (χ4v) is 4.73. The lowest BCUT2D eigenvalue weighted by molar-refractivity contribution is 0.641. The fourth-order valence-electron chi connectivity index (χ4n) is 4.02. The van der Waals surface area contributed by atoms with Crippen LogP contribution in [-0.4, -0.2) is 42.7 Å². The summed E-state index contributed by atoms with van der Waals surface area (Å²) in [5, 5.41) is 6.77. The van der Waals surface area contributed by atoms with Gasteiger partial charge in [-0.3, -0.25) is 0 Å². The van der Waals surface area contributed by atoms with Gasteiger partial charge in [-0.15, -0.1) is 11.3 Å². The first-order valence-electron chi connectivity index (χ1n) is 10.9. The third-order valence-corrected chi connectivity index (χ3v) is 6.73. The van der Waals surface area contributed by atoms with Crippen molar-refractivity contribution in [3.05, 3.63) is 76.5 Å². The van der Waals surface area contributed by atoms with E-state index >= 15 is 0 Å². The summed E-state index contributed by atoms with van der Waals surface area (Å²) in [5.74, 6) is 1.75. The fraction of sp³-hybridized carbons (Fsp3) is 0.280. The van der Waals surface area contributed by atoms with Gasteiger partial charge in [-0.2, -0.15) is 4.98 Å². The zero-order valence-electron chi connectivity index (χ0n) is 17.8. The molecule has 0 saturated carbocycles. The first kappa shape index (κ1) is 19.8. The molecule has 3 heterocycles. The maximum atomic E-state index is 4.94. The van der Waals surface area contributed by atoms with Crippen LogP contribution in [0.5, 0.6) is 0 Å². The van der Waals surface area contributed by atoms with E-state index in [-0.39, 0.29) is 0 Å². The number of aryl methyl sites for hydroxylation is 1. The monoisotopic (exact) mass is 429 g/mol. The predicted molar refractivity (Wildman–Crippen MR) is 132 cm³/mol. The van der Waals surface area contributed by atoms with Gasteiger partial charge in [-0.05, 0) is 49.1 Å². The predicted octanol–water partition coefficient (Wildman–Crippen LogP) is 4.98. The van der Waals surface area contributed by atoms with Crippen molar-refractivity contribution in [3.63, 3.8) is 0 Å². The highest BCUT2D eigenvalue weighted by molar-refractivity contribution is 7.09. The van der Waals surface area contributed by atoms with E-state index in [0.29, 0.717) is 0 Å². The van der Waals surface area contributed by atoms with E-state index in [1.165, 1.54) is 16.1 Å². The highest BCUT2D eigenvalue weighted by Gasteiger charge is 2.20. The van der Waals surface area contributed by atoms with Gasteiger partial charge in [0.15, 0.2) is 0 Å². The van der Waals surface area contributed by atoms with Crippen molar-refractivity contribution in [3.8, 4) is 0 Å². The number of hydrogen-bond donors (Lipinski definition) is 1. The number of piperazine rings is 1. The quantitative estimate of drug-likeness (QED) is 0.468. The number of anilines is 3. The lowest BCUT2D eigenvalue weighted by Gasteiger charge is -2.36. The highest BCUT2D eigenvalue weighted by Crippen LogP contribution is 2.25. The van der Waals surface area contributed by atoms with Gasteiger partial charge in [0.05, 0.1) is 5.52 Å². The summed E-state index contributed by atoms with van der Waals surface area (Å²) in [6.45, 7) is 6.77. The molecule has 5 rings (SSSR count). The second-order valence-electron chi connectivity index (χ2n) is 7.96. The van der Waals surface area contributed by atoms with Gasteiger partial charge >= 0.3 is 0 Å². The average molecular weight is 430 g/mol. The summed E-state index contributed by atoms with van der Waals surface area (Å²) in [4.78, 5) is 16.0. The lowest BCUT2D eigenvalue weighted by Crippen LogP contribution is -2.47. The highest BCUT2D eigenvalue weighted by atomic mass is 32.1. The average Bonchev–Trinajstić information content (AvgIpc) is 3.33. The number of rotatable bonds is 6. The molecule has 2 aromatic carbocycles. The minimum absolute atomic E-state index is 0.820. The molecule has 1 N–H and O–H groups in total. The van der Waals surface area contributed by atoms with E-state index in [2.05, 4.69) is 82.0 Å². The van der Waals surface area contributed by atoms with E-state index in [9.17, 15) is 0 Å². The number of fused-ring (bicyclic) bond motifs is 1. The third-order valence-electron chi connectivity index (χ3n) is 5.80. The summed E-state index contributed by atoms with van der Waals surface area (Å²) >= 11 is 1.80. The molecule has 1 fully saturated rings. The van der Waals surface area contributed by atoms with Crippen molar-refractivity contribution < 1.29 is 0 Å². The van der Waals surface area contributed by atoms with Crippen LogP contribution < -0.4 is 15.1 Å². The van der Waals surface area contributed by atoms with Crippen molar-refractivity contribution in [2.45, 2.75) is 13.3 Å². The van der Waals surface area contributed by atoms with Crippen molar-refractivity contribution in [1.82, 2.24) is 9.97 Å². The summed E-state index contributed by atoms with van der Waals surface area (Å²) < 4.78 is 0. The minimum Gasteiger partial charge on any atom is -0.369 e. The van der Waals surface area contributed by atoms with Gasteiger partial charge in [-0.25, -0.2) is 4.98 Å². The van der Waals surface area contributed by atoms with Crippen LogP contribution in [-0.2, 0) is 6.42 Å². The molecule has 158 valence electrons. The number of para-hydroxylation sites is 1. The molecule has 0 radical (unpaired) electrons. The molecular weight excluding hydrogens is 402 g/mol. The van der Waals surface area contributed by atoms with Crippen LogP contribution in [0.2, 0.25) is 0 Å². The Kier molecular flexibility index (Phi) is 5.71. The molecule has 4 aromatic rings. The van der Waals surface area contributed by atoms with Gasteiger partial charge in [0, 0.05) is 48.7 Å². The zero-order valence-corrected chi connectivity index (χ0v) is 18.6. The van der Waals surface area contributed by atoms with Gasteiger partial charge in [-0.1, -0.05) is 35.9 Å². The van der Waals surface area contributed by atoms with E-state index < -0.39 is 0 Å². The molecule has 1 saturated heterocycles. The smallest absolute Gasteiger partial charge is 0.228 e. The third kappa shape index (κ3) is 4.49. The van der Waals surface area contributed by atoms with Crippen LogP contribution in [0.3, 0.4) is 0 Å². The van der Waals surface area contributed by atoms with Crippen molar-refractivity contribution >= 4 is 39.7 Å². The standard InChI is InChI=1S/C25H27N5S/c1-19-8-10-20(11-9-19)29-14-16-30(17-15-29)25-27-23-7-3-2-6-22(23)24(28-25)26-13-12-21-5-4-18-31-21/h2-11,18H,12-17H2,1H3,(H,26,27,28). The Bertz CT molecular complexity index is 1130. The molecule has 31 heavy (non-hydrogen) atoms. The molecule has 0 unspecified atom stereocenters. The number of hydrogen-bond acceptors (Lipinski definition) is 6. The van der Waals surface area contributed by atoms with Crippen LogP contribution in [0, 0.1) is 6.92 Å². The molecule has 0 atom stereocenters. The molecular formula is C25H27N5S. The van der Waals surface area contributed by atoms with Crippen LogP contribution in [0.4, 0.5) is 17.5 Å². The minimum atomic E-state index is 0.820. The second kappa shape index (κ2) is 8.94. The zero-order chi connectivity index (χ0) is 21.0. The molecule has 1 aliphatic rings. The molecule has 0 bridgehead atoms. The second-order valence-corrected chi connectivity index (χ2v) is 8.99. The number of benzene rings is 2. The summed E-state index contributed by atoms with van der Waals surface area (Å²) in [6, 6.07) is 21.4. The Morgan fingerprint density at radius 3 is 2.42 bits per heavy atom. The molecule has 0 amide bonds. The van der Waals surface area contributed by atoms with Crippen molar-refractivity contribution in [2.75, 3.05) is 47.8 Å². The van der Waals surface area contributed by atoms with Crippen LogP contribution in [0.15, 0.2) is 66.0 Å². The normalized spacial score (nSPS) is 14.2. The summed E-state index contributed by atoms with van der Waals surface area (Å²) in [5.41, 5.74) is 3.58. The first-order valence-corrected chi connectivity index (χ1v) is 11.7. The topological polar surface area (TPSA) is 44.3 Å². The molecule has 2 aromatic heterocycles. The summed E-state index contributed by atoms with van der Waals surface area (Å²) in [6.07, 6.45) is 1.00.